The number of anilines is 2. The average Bonchev–Trinajstić information content (AvgIpc) is 3.18. The third-order valence-electron chi connectivity index (χ3n) is 5.53. The first kappa shape index (κ1) is 24.6. The summed E-state index contributed by atoms with van der Waals surface area (Å²) in [5, 5.41) is 7.78. The smallest absolute Gasteiger partial charge is 0.324 e. The number of fused-ring (bicyclic) bond motifs is 1. The van der Waals surface area contributed by atoms with Gasteiger partial charge in [-0.3, -0.25) is 14.2 Å². The minimum Gasteiger partial charge on any atom is -0.324 e. The first-order valence-electron chi connectivity index (χ1n) is 10.8. The zero-order valence-electron chi connectivity index (χ0n) is 19.3. The maximum absolute atomic E-state index is 14.1. The van der Waals surface area contributed by atoms with Gasteiger partial charge >= 0.3 is 11.4 Å². The number of nitrogens with zero attached hydrogens (tertiary/aromatic N) is 6. The van der Waals surface area contributed by atoms with Crippen LogP contribution in [-0.2, 0) is 13.6 Å². The van der Waals surface area contributed by atoms with E-state index in [9.17, 15) is 18.4 Å². The van der Waals surface area contributed by atoms with Gasteiger partial charge in [-0.2, -0.15) is 10.1 Å². The summed E-state index contributed by atoms with van der Waals surface area (Å²) in [5.74, 6) is -2.56. The van der Waals surface area contributed by atoms with E-state index in [0.717, 1.165) is 20.6 Å². The molecule has 0 unspecified atom stereocenters. The molecule has 3 heterocycles. The van der Waals surface area contributed by atoms with Gasteiger partial charge < -0.3 is 5.32 Å². The number of rotatable bonds is 5. The first-order chi connectivity index (χ1) is 17.6. The van der Waals surface area contributed by atoms with E-state index in [-0.39, 0.29) is 28.8 Å². The van der Waals surface area contributed by atoms with Crippen LogP contribution in [0.25, 0.3) is 16.6 Å². The molecule has 3 aromatic heterocycles. The number of aryl methyl sites for hydroxylation is 2. The van der Waals surface area contributed by atoms with Gasteiger partial charge in [0.15, 0.2) is 11.6 Å². The van der Waals surface area contributed by atoms with Gasteiger partial charge in [0, 0.05) is 24.8 Å². The zero-order chi connectivity index (χ0) is 26.4. The van der Waals surface area contributed by atoms with Crippen molar-refractivity contribution < 1.29 is 8.78 Å². The molecule has 5 aromatic rings. The van der Waals surface area contributed by atoms with Crippen LogP contribution in [0.1, 0.15) is 11.1 Å². The fourth-order valence-corrected chi connectivity index (χ4v) is 4.32. The fraction of sp³-hybridized carbons (Fsp3) is 0.125. The van der Waals surface area contributed by atoms with Gasteiger partial charge in [-0.1, -0.05) is 23.2 Å². The third-order valence-corrected chi connectivity index (χ3v) is 6.12. The second kappa shape index (κ2) is 9.41. The standard InChI is InChI=1S/C24H17Cl2F2N7O2/c1-12-3-15(9-29-8-12)35-23(36)31-22(30-20-6-14-11-33(2)32-19(14)7-16(20)25)34(24(35)37)10-13-4-17(26)21(28)18(27)5-13/h3-9,11H,10H2,1-2H3,(H,30,31,36). The molecule has 9 nitrogen and oxygen atoms in total. The minimum absolute atomic E-state index is 0.164. The molecule has 0 bridgehead atoms. The van der Waals surface area contributed by atoms with Gasteiger partial charge in [-0.05, 0) is 48.4 Å². The van der Waals surface area contributed by atoms with Crippen LogP contribution in [0.3, 0.4) is 0 Å². The molecule has 0 saturated heterocycles. The van der Waals surface area contributed by atoms with Crippen LogP contribution in [0.15, 0.2) is 58.5 Å². The molecular weight excluding hydrogens is 527 g/mol. The zero-order valence-corrected chi connectivity index (χ0v) is 20.8. The molecule has 0 aliphatic heterocycles. The Balaban J connectivity index is 1.69. The van der Waals surface area contributed by atoms with Gasteiger partial charge in [0.2, 0.25) is 5.95 Å². The molecule has 0 aliphatic carbocycles. The summed E-state index contributed by atoms with van der Waals surface area (Å²) in [5.41, 5.74) is 0.384. The Morgan fingerprint density at radius 2 is 1.81 bits per heavy atom. The van der Waals surface area contributed by atoms with Crippen molar-refractivity contribution in [2.45, 2.75) is 13.5 Å². The predicted molar refractivity (Wildman–Crippen MR) is 136 cm³/mol. The summed E-state index contributed by atoms with van der Waals surface area (Å²) in [6.45, 7) is 1.46. The van der Waals surface area contributed by atoms with E-state index < -0.39 is 28.0 Å². The van der Waals surface area contributed by atoms with Gasteiger partial charge in [0.25, 0.3) is 0 Å². The lowest BCUT2D eigenvalue weighted by Gasteiger charge is -2.16. The molecule has 0 aliphatic rings. The summed E-state index contributed by atoms with van der Waals surface area (Å²) in [4.78, 5) is 34.7. The maximum Gasteiger partial charge on any atom is 0.359 e. The fourth-order valence-electron chi connectivity index (χ4n) is 3.88. The molecule has 5 rings (SSSR count). The molecule has 2 aromatic carbocycles. The van der Waals surface area contributed by atoms with Crippen molar-refractivity contribution in [3.8, 4) is 5.69 Å². The van der Waals surface area contributed by atoms with Crippen molar-refractivity contribution in [1.82, 2.24) is 28.9 Å². The van der Waals surface area contributed by atoms with Crippen molar-refractivity contribution in [1.29, 1.82) is 0 Å². The highest BCUT2D eigenvalue weighted by atomic mass is 35.5. The molecule has 0 amide bonds. The Bertz CT molecular complexity index is 1790. The number of halogens is 4. The second-order valence-electron chi connectivity index (χ2n) is 8.33. The topological polar surface area (TPSA) is 99.6 Å². The van der Waals surface area contributed by atoms with Gasteiger partial charge in [0.05, 0.1) is 39.7 Å². The summed E-state index contributed by atoms with van der Waals surface area (Å²) < 4.78 is 31.4. The van der Waals surface area contributed by atoms with E-state index in [2.05, 4.69) is 20.4 Å². The molecule has 37 heavy (non-hydrogen) atoms. The summed E-state index contributed by atoms with van der Waals surface area (Å²) in [6, 6.07) is 7.00. The van der Waals surface area contributed by atoms with Crippen LogP contribution < -0.4 is 16.7 Å². The molecule has 0 spiro atoms. The second-order valence-corrected chi connectivity index (χ2v) is 9.15. The molecular formula is C24H17Cl2F2N7O2. The van der Waals surface area contributed by atoms with Crippen LogP contribution in [0.5, 0.6) is 0 Å². The van der Waals surface area contributed by atoms with Gasteiger partial charge in [0.1, 0.15) is 0 Å². The van der Waals surface area contributed by atoms with Gasteiger partial charge in [-0.25, -0.2) is 22.9 Å². The first-order valence-corrected chi connectivity index (χ1v) is 11.6. The largest absolute Gasteiger partial charge is 0.359 e. The number of hydrogen-bond acceptors (Lipinski definition) is 6. The van der Waals surface area contributed by atoms with Crippen molar-refractivity contribution in [2.24, 2.45) is 7.05 Å². The Morgan fingerprint density at radius 1 is 1.03 bits per heavy atom. The van der Waals surface area contributed by atoms with E-state index in [1.165, 1.54) is 12.3 Å². The van der Waals surface area contributed by atoms with Crippen molar-refractivity contribution >= 4 is 45.7 Å². The lowest BCUT2D eigenvalue weighted by molar-refractivity contribution is 0.506. The van der Waals surface area contributed by atoms with E-state index in [1.54, 1.807) is 49.2 Å². The molecule has 1 N–H and O–H groups in total. The normalized spacial score (nSPS) is 11.3. The van der Waals surface area contributed by atoms with Crippen molar-refractivity contribution in [2.75, 3.05) is 5.32 Å². The highest BCUT2D eigenvalue weighted by Gasteiger charge is 2.19. The third kappa shape index (κ3) is 4.70. The SMILES string of the molecule is Cc1cncc(-n2c(=O)nc(Nc3cc4cn(C)nc4cc3Cl)n(Cc3cc(F)c(F)c(Cl)c3)c2=O)c1. The monoisotopic (exact) mass is 543 g/mol. The molecule has 0 atom stereocenters. The van der Waals surface area contributed by atoms with Crippen molar-refractivity contribution in [3.05, 3.63) is 103 Å². The lowest BCUT2D eigenvalue weighted by atomic mass is 10.2. The number of nitrogens with one attached hydrogen (secondary N) is 1. The van der Waals surface area contributed by atoms with Crippen molar-refractivity contribution in [3.63, 3.8) is 0 Å². The number of benzene rings is 2. The van der Waals surface area contributed by atoms with E-state index >= 15 is 0 Å². The number of pyridine rings is 1. The maximum atomic E-state index is 14.1. The van der Waals surface area contributed by atoms with Gasteiger partial charge in [-0.15, -0.1) is 0 Å². The molecule has 13 heteroatoms. The van der Waals surface area contributed by atoms with Crippen LogP contribution in [-0.4, -0.2) is 28.9 Å². The molecule has 0 fully saturated rings. The quantitative estimate of drug-likeness (QED) is 0.330. The number of aromatic nitrogens is 6. The predicted octanol–water partition coefficient (Wildman–Crippen LogP) is 4.36. The highest BCUT2D eigenvalue weighted by Crippen LogP contribution is 2.29. The van der Waals surface area contributed by atoms with Crippen LogP contribution in [0.4, 0.5) is 20.4 Å². The van der Waals surface area contributed by atoms with E-state index in [1.807, 2.05) is 0 Å². The van der Waals surface area contributed by atoms with E-state index in [4.69, 9.17) is 23.2 Å². The molecule has 0 saturated carbocycles. The molecule has 0 radical (unpaired) electrons. The average molecular weight is 544 g/mol. The van der Waals surface area contributed by atoms with Crippen LogP contribution >= 0.6 is 23.2 Å². The Hall–Kier alpha value is -4.09. The summed E-state index contributed by atoms with van der Waals surface area (Å²) >= 11 is 12.3. The Kier molecular flexibility index (Phi) is 6.26. The van der Waals surface area contributed by atoms with Crippen LogP contribution in [0.2, 0.25) is 10.0 Å². The highest BCUT2D eigenvalue weighted by molar-refractivity contribution is 6.34. The van der Waals surface area contributed by atoms with Crippen LogP contribution in [0, 0.1) is 18.6 Å². The minimum atomic E-state index is -1.21. The lowest BCUT2D eigenvalue weighted by Crippen LogP contribution is -2.41. The number of hydrogen-bond donors (Lipinski definition) is 1. The van der Waals surface area contributed by atoms with E-state index in [0.29, 0.717) is 16.8 Å². The summed E-state index contributed by atoms with van der Waals surface area (Å²) in [6.07, 6.45) is 4.68. The Labute approximate surface area is 217 Å². The molecule has 188 valence electrons. The Morgan fingerprint density at radius 3 is 2.54 bits per heavy atom. The summed E-state index contributed by atoms with van der Waals surface area (Å²) in [7, 11) is 1.76.